The zero-order valence-electron chi connectivity index (χ0n) is 12.7. The lowest BCUT2D eigenvalue weighted by atomic mass is 9.91. The number of rotatable bonds is 4. The van der Waals surface area contributed by atoms with Crippen LogP contribution in [0.15, 0.2) is 22.7 Å². The van der Waals surface area contributed by atoms with Crippen LogP contribution in [0.3, 0.4) is 0 Å². The van der Waals surface area contributed by atoms with E-state index in [9.17, 15) is 4.79 Å². The summed E-state index contributed by atoms with van der Waals surface area (Å²) in [5, 5.41) is 6.47. The van der Waals surface area contributed by atoms with Gasteiger partial charge in [0.1, 0.15) is 0 Å². The summed E-state index contributed by atoms with van der Waals surface area (Å²) < 4.78 is 6.19. The van der Waals surface area contributed by atoms with Gasteiger partial charge in [0.2, 0.25) is 5.91 Å². The van der Waals surface area contributed by atoms with Gasteiger partial charge in [-0.2, -0.15) is 0 Å². The van der Waals surface area contributed by atoms with Crippen LogP contribution >= 0.6 is 28.3 Å². The highest BCUT2D eigenvalue weighted by Gasteiger charge is 2.57. The predicted octanol–water partition coefficient (Wildman–Crippen LogP) is 3.35. The summed E-state index contributed by atoms with van der Waals surface area (Å²) in [4.78, 5) is 12.5. The van der Waals surface area contributed by atoms with Gasteiger partial charge < -0.3 is 15.4 Å². The molecule has 1 atom stereocenters. The number of nitrogens with one attached hydrogen (secondary N) is 2. The first-order valence-electron chi connectivity index (χ1n) is 7.44. The Morgan fingerprint density at radius 1 is 1.45 bits per heavy atom. The van der Waals surface area contributed by atoms with Crippen molar-refractivity contribution in [3.8, 4) is 0 Å². The van der Waals surface area contributed by atoms with Crippen molar-refractivity contribution in [2.24, 2.45) is 11.3 Å². The normalized spacial score (nSPS) is 22.0. The van der Waals surface area contributed by atoms with Crippen LogP contribution in [0.4, 0.5) is 5.69 Å². The number of halogens is 2. The summed E-state index contributed by atoms with van der Waals surface area (Å²) in [6.45, 7) is 2.56. The largest absolute Gasteiger partial charge is 0.380 e. The first kappa shape index (κ1) is 17.7. The average molecular weight is 390 g/mol. The molecule has 22 heavy (non-hydrogen) atoms. The fourth-order valence-corrected chi connectivity index (χ4v) is 3.86. The molecule has 1 aliphatic heterocycles. The molecule has 2 fully saturated rings. The van der Waals surface area contributed by atoms with Crippen LogP contribution in [0.1, 0.15) is 24.8 Å². The Morgan fingerprint density at radius 2 is 2.18 bits per heavy atom. The Balaban J connectivity index is 0.00000176. The number of piperidine rings is 1. The number of anilines is 1. The van der Waals surface area contributed by atoms with Crippen molar-refractivity contribution in [1.29, 1.82) is 0 Å². The minimum Gasteiger partial charge on any atom is -0.380 e. The molecule has 1 aliphatic carbocycles. The van der Waals surface area contributed by atoms with Gasteiger partial charge in [-0.15, -0.1) is 12.4 Å². The third kappa shape index (κ3) is 3.48. The number of hydrogen-bond donors (Lipinski definition) is 2. The SMILES string of the molecule is COCc1c(Br)cccc1NC(=O)C1CC12CCNCC2.Cl. The highest BCUT2D eigenvalue weighted by atomic mass is 79.9. The monoisotopic (exact) mass is 388 g/mol. The summed E-state index contributed by atoms with van der Waals surface area (Å²) >= 11 is 3.52. The average Bonchev–Trinajstić information content (AvgIpc) is 3.17. The highest BCUT2D eigenvalue weighted by molar-refractivity contribution is 9.10. The maximum Gasteiger partial charge on any atom is 0.228 e. The van der Waals surface area contributed by atoms with Crippen molar-refractivity contribution in [3.05, 3.63) is 28.2 Å². The van der Waals surface area contributed by atoms with E-state index in [-0.39, 0.29) is 29.6 Å². The molecule has 3 rings (SSSR count). The fraction of sp³-hybridized carbons (Fsp3) is 0.562. The van der Waals surface area contributed by atoms with Crippen LogP contribution in [-0.2, 0) is 16.1 Å². The molecule has 122 valence electrons. The summed E-state index contributed by atoms with van der Waals surface area (Å²) in [6, 6.07) is 5.84. The number of carbonyl (C=O) groups is 1. The Bertz CT molecular complexity index is 547. The van der Waals surface area contributed by atoms with E-state index in [0.29, 0.717) is 6.61 Å². The van der Waals surface area contributed by atoms with Crippen molar-refractivity contribution in [2.45, 2.75) is 25.9 Å². The lowest BCUT2D eigenvalue weighted by Gasteiger charge is -2.23. The van der Waals surface area contributed by atoms with Crippen LogP contribution < -0.4 is 10.6 Å². The van der Waals surface area contributed by atoms with E-state index in [4.69, 9.17) is 4.74 Å². The van der Waals surface area contributed by atoms with Crippen molar-refractivity contribution in [3.63, 3.8) is 0 Å². The Labute approximate surface area is 145 Å². The van der Waals surface area contributed by atoms with Crippen LogP contribution in [0.2, 0.25) is 0 Å². The van der Waals surface area contributed by atoms with Gasteiger partial charge in [-0.3, -0.25) is 4.79 Å². The van der Waals surface area contributed by atoms with Crippen LogP contribution in [0, 0.1) is 11.3 Å². The molecule has 2 N–H and O–H groups in total. The molecule has 1 amide bonds. The second-order valence-electron chi connectivity index (χ2n) is 6.06. The Kier molecular flexibility index (Phi) is 5.88. The second kappa shape index (κ2) is 7.30. The molecule has 0 bridgehead atoms. The summed E-state index contributed by atoms with van der Waals surface area (Å²) in [7, 11) is 1.66. The number of ether oxygens (including phenoxy) is 1. The molecule has 1 saturated carbocycles. The van der Waals surface area contributed by atoms with E-state index < -0.39 is 0 Å². The Hall–Kier alpha value is -0.620. The van der Waals surface area contributed by atoms with Crippen LogP contribution in [-0.4, -0.2) is 26.1 Å². The molecule has 1 saturated heterocycles. The molecule has 1 heterocycles. The van der Waals surface area contributed by atoms with Crippen molar-refractivity contribution in [2.75, 3.05) is 25.5 Å². The molecule has 2 aliphatic rings. The molecular weight excluding hydrogens is 368 g/mol. The van der Waals surface area contributed by atoms with Gasteiger partial charge >= 0.3 is 0 Å². The first-order chi connectivity index (χ1) is 10.2. The summed E-state index contributed by atoms with van der Waals surface area (Å²) in [5.41, 5.74) is 2.11. The van der Waals surface area contributed by atoms with Gasteiger partial charge in [-0.05, 0) is 49.9 Å². The second-order valence-corrected chi connectivity index (χ2v) is 6.91. The van der Waals surface area contributed by atoms with E-state index in [0.717, 1.165) is 48.1 Å². The predicted molar refractivity (Wildman–Crippen MR) is 93.4 cm³/mol. The van der Waals surface area contributed by atoms with Gasteiger partial charge in [-0.25, -0.2) is 0 Å². The van der Waals surface area contributed by atoms with Gasteiger partial charge in [0.25, 0.3) is 0 Å². The van der Waals surface area contributed by atoms with Crippen LogP contribution in [0.5, 0.6) is 0 Å². The molecule has 1 aromatic carbocycles. The topological polar surface area (TPSA) is 50.4 Å². The quantitative estimate of drug-likeness (QED) is 0.830. The Morgan fingerprint density at radius 3 is 2.86 bits per heavy atom. The highest BCUT2D eigenvalue weighted by Crippen LogP contribution is 2.58. The zero-order valence-corrected chi connectivity index (χ0v) is 15.1. The molecule has 4 nitrogen and oxygen atoms in total. The van der Waals surface area contributed by atoms with Crippen molar-refractivity contribution < 1.29 is 9.53 Å². The number of benzene rings is 1. The number of hydrogen-bond acceptors (Lipinski definition) is 3. The number of carbonyl (C=O) groups excluding carboxylic acids is 1. The van der Waals surface area contributed by atoms with E-state index in [1.54, 1.807) is 7.11 Å². The van der Waals surface area contributed by atoms with Gasteiger partial charge in [-0.1, -0.05) is 22.0 Å². The van der Waals surface area contributed by atoms with E-state index in [1.807, 2.05) is 18.2 Å². The smallest absolute Gasteiger partial charge is 0.228 e. The molecule has 1 unspecified atom stereocenters. The molecule has 1 spiro atoms. The van der Waals surface area contributed by atoms with E-state index >= 15 is 0 Å². The maximum atomic E-state index is 12.5. The summed E-state index contributed by atoms with van der Waals surface area (Å²) in [6.07, 6.45) is 3.27. The van der Waals surface area contributed by atoms with E-state index in [2.05, 4.69) is 26.6 Å². The van der Waals surface area contributed by atoms with Gasteiger partial charge in [0, 0.05) is 28.8 Å². The standard InChI is InChI=1S/C16H21BrN2O2.ClH/c1-21-10-11-13(17)3-2-4-14(11)19-15(20)12-9-16(12)5-7-18-8-6-16;/h2-4,12,18H,5-10H2,1H3,(H,19,20);1H. The van der Waals surface area contributed by atoms with Gasteiger partial charge in [0.05, 0.1) is 6.61 Å². The lowest BCUT2D eigenvalue weighted by Crippen LogP contribution is -2.31. The first-order valence-corrected chi connectivity index (χ1v) is 8.23. The third-order valence-corrected chi connectivity index (χ3v) is 5.51. The minimum atomic E-state index is 0. The minimum absolute atomic E-state index is 0. The molecular formula is C16H22BrClN2O2. The molecule has 0 radical (unpaired) electrons. The third-order valence-electron chi connectivity index (χ3n) is 4.77. The fourth-order valence-electron chi connectivity index (χ4n) is 3.38. The van der Waals surface area contributed by atoms with Crippen molar-refractivity contribution >= 4 is 39.9 Å². The summed E-state index contributed by atoms with van der Waals surface area (Å²) in [5.74, 6) is 0.335. The van der Waals surface area contributed by atoms with Gasteiger partial charge in [0.15, 0.2) is 0 Å². The lowest BCUT2D eigenvalue weighted by molar-refractivity contribution is -0.118. The van der Waals surface area contributed by atoms with Crippen LogP contribution in [0.25, 0.3) is 0 Å². The van der Waals surface area contributed by atoms with E-state index in [1.165, 1.54) is 0 Å². The maximum absolute atomic E-state index is 12.5. The molecule has 6 heteroatoms. The zero-order chi connectivity index (χ0) is 14.9. The number of methoxy groups -OCH3 is 1. The number of amides is 1. The van der Waals surface area contributed by atoms with Crippen molar-refractivity contribution in [1.82, 2.24) is 5.32 Å². The molecule has 1 aromatic rings. The molecule has 0 aromatic heterocycles.